The molecule has 3 aromatic rings. The van der Waals surface area contributed by atoms with Crippen LogP contribution in [0.3, 0.4) is 0 Å². The van der Waals surface area contributed by atoms with Gasteiger partial charge < -0.3 is 19.7 Å². The quantitative estimate of drug-likeness (QED) is 0.480. The molecular formula is C29H31N3O4. The Balaban J connectivity index is 1.41. The highest BCUT2D eigenvalue weighted by molar-refractivity contribution is 6.20. The van der Waals surface area contributed by atoms with Crippen molar-refractivity contribution < 1.29 is 19.1 Å². The second kappa shape index (κ2) is 10.5. The number of nitrogens with one attached hydrogen (secondary N) is 1. The SMILES string of the molecule is CN1C(=O)C(NC(=O)[C@H](CC2CC2)[C@@H](O)CCc2ccco2)N=C(c2ccccc2)c2ccccc21. The Labute approximate surface area is 210 Å². The monoisotopic (exact) mass is 485 g/mol. The Morgan fingerprint density at radius 3 is 2.58 bits per heavy atom. The van der Waals surface area contributed by atoms with Gasteiger partial charge in [-0.3, -0.25) is 9.59 Å². The van der Waals surface area contributed by atoms with Gasteiger partial charge in [-0.1, -0.05) is 61.4 Å². The van der Waals surface area contributed by atoms with Crippen LogP contribution in [0.4, 0.5) is 5.69 Å². The summed E-state index contributed by atoms with van der Waals surface area (Å²) in [6, 6.07) is 20.9. The number of benzodiazepines with no additional fused rings is 1. The molecule has 2 aliphatic rings. The van der Waals surface area contributed by atoms with Crippen molar-refractivity contribution in [3.63, 3.8) is 0 Å². The largest absolute Gasteiger partial charge is 0.469 e. The zero-order chi connectivity index (χ0) is 25.1. The van der Waals surface area contributed by atoms with Crippen molar-refractivity contribution in [2.75, 3.05) is 11.9 Å². The fourth-order valence-electron chi connectivity index (χ4n) is 4.78. The number of hydrogen-bond donors (Lipinski definition) is 2. The number of para-hydroxylation sites is 1. The zero-order valence-electron chi connectivity index (χ0n) is 20.3. The number of hydrogen-bond acceptors (Lipinski definition) is 5. The molecule has 5 rings (SSSR count). The van der Waals surface area contributed by atoms with E-state index >= 15 is 0 Å². The number of aliphatic imine (C=N–C) groups is 1. The summed E-state index contributed by atoms with van der Waals surface area (Å²) >= 11 is 0. The van der Waals surface area contributed by atoms with Gasteiger partial charge >= 0.3 is 0 Å². The fourth-order valence-corrected chi connectivity index (χ4v) is 4.78. The molecule has 2 heterocycles. The third-order valence-corrected chi connectivity index (χ3v) is 7.02. The molecule has 7 nitrogen and oxygen atoms in total. The number of aryl methyl sites for hydroxylation is 1. The summed E-state index contributed by atoms with van der Waals surface area (Å²) in [6.07, 6.45) is 3.33. The second-order valence-electron chi connectivity index (χ2n) is 9.64. The minimum absolute atomic E-state index is 0.322. The van der Waals surface area contributed by atoms with Gasteiger partial charge in [0.1, 0.15) is 5.76 Å². The van der Waals surface area contributed by atoms with E-state index in [9.17, 15) is 14.7 Å². The highest BCUT2D eigenvalue weighted by Crippen LogP contribution is 2.37. The molecule has 7 heteroatoms. The van der Waals surface area contributed by atoms with Crippen LogP contribution >= 0.6 is 0 Å². The standard InChI is InChI=1S/C29H31N3O4/c1-32-24-12-6-5-11-22(24)26(20-8-3-2-4-9-20)30-27(29(32)35)31-28(34)23(18-19-13-14-19)25(33)16-15-21-10-7-17-36-21/h2-12,17,19,23,25,27,33H,13-16,18H2,1H3,(H,31,34)/t23-,25+,27?/m1/s1. The van der Waals surface area contributed by atoms with Gasteiger partial charge in [0.2, 0.25) is 12.1 Å². The summed E-state index contributed by atoms with van der Waals surface area (Å²) < 4.78 is 5.38. The lowest BCUT2D eigenvalue weighted by atomic mass is 9.91. The van der Waals surface area contributed by atoms with Crippen LogP contribution in [0.2, 0.25) is 0 Å². The predicted octanol–water partition coefficient (Wildman–Crippen LogP) is 3.95. The maximum Gasteiger partial charge on any atom is 0.272 e. The molecule has 1 fully saturated rings. The number of likely N-dealkylation sites (N-methyl/N-ethyl adjacent to an activating group) is 1. The van der Waals surface area contributed by atoms with Crippen molar-refractivity contribution in [1.82, 2.24) is 5.32 Å². The molecule has 1 aromatic heterocycles. The predicted molar refractivity (Wildman–Crippen MR) is 138 cm³/mol. The van der Waals surface area contributed by atoms with Crippen LogP contribution in [0.5, 0.6) is 0 Å². The number of carbonyl (C=O) groups is 2. The first kappa shape index (κ1) is 24.0. The van der Waals surface area contributed by atoms with Crippen LogP contribution in [-0.2, 0) is 16.0 Å². The van der Waals surface area contributed by atoms with E-state index in [2.05, 4.69) is 5.32 Å². The van der Waals surface area contributed by atoms with Crippen molar-refractivity contribution >= 4 is 23.2 Å². The average Bonchev–Trinajstić information content (AvgIpc) is 3.60. The fraction of sp³-hybridized carbons (Fsp3) is 0.345. The summed E-state index contributed by atoms with van der Waals surface area (Å²) in [5, 5.41) is 13.9. The number of nitrogens with zero attached hydrogens (tertiary/aromatic N) is 2. The van der Waals surface area contributed by atoms with Gasteiger partial charge in [-0.25, -0.2) is 4.99 Å². The molecule has 1 saturated carbocycles. The third-order valence-electron chi connectivity index (χ3n) is 7.02. The second-order valence-corrected chi connectivity index (χ2v) is 9.64. The van der Waals surface area contributed by atoms with E-state index in [-0.39, 0.29) is 11.8 Å². The Bertz CT molecular complexity index is 1230. The van der Waals surface area contributed by atoms with Gasteiger partial charge in [0.25, 0.3) is 5.91 Å². The number of aliphatic hydroxyl groups is 1. The van der Waals surface area contributed by atoms with Crippen LogP contribution in [-0.4, -0.2) is 41.9 Å². The number of benzene rings is 2. The van der Waals surface area contributed by atoms with E-state index in [4.69, 9.17) is 9.41 Å². The van der Waals surface area contributed by atoms with E-state index in [1.807, 2.05) is 66.7 Å². The number of anilines is 1. The van der Waals surface area contributed by atoms with Gasteiger partial charge in [-0.05, 0) is 37.0 Å². The summed E-state index contributed by atoms with van der Waals surface area (Å²) in [7, 11) is 1.70. The Morgan fingerprint density at radius 2 is 1.86 bits per heavy atom. The Morgan fingerprint density at radius 1 is 1.11 bits per heavy atom. The van der Waals surface area contributed by atoms with Crippen molar-refractivity contribution in [2.45, 2.75) is 44.4 Å². The molecule has 0 bridgehead atoms. The summed E-state index contributed by atoms with van der Waals surface area (Å²) in [5.41, 5.74) is 3.06. The minimum Gasteiger partial charge on any atom is -0.469 e. The third kappa shape index (κ3) is 5.26. The molecule has 1 aliphatic carbocycles. The van der Waals surface area contributed by atoms with Gasteiger partial charge in [-0.2, -0.15) is 0 Å². The summed E-state index contributed by atoms with van der Waals surface area (Å²) in [4.78, 5) is 33.3. The molecule has 0 radical (unpaired) electrons. The smallest absolute Gasteiger partial charge is 0.272 e. The van der Waals surface area contributed by atoms with Crippen molar-refractivity contribution in [3.8, 4) is 0 Å². The van der Waals surface area contributed by atoms with E-state index < -0.39 is 18.2 Å². The highest BCUT2D eigenvalue weighted by atomic mass is 16.3. The Kier molecular flexibility index (Phi) is 7.00. The van der Waals surface area contributed by atoms with E-state index in [1.54, 1.807) is 18.2 Å². The van der Waals surface area contributed by atoms with Crippen molar-refractivity contribution in [3.05, 3.63) is 89.9 Å². The lowest BCUT2D eigenvalue weighted by Crippen LogP contribution is -2.49. The summed E-state index contributed by atoms with van der Waals surface area (Å²) in [5.74, 6) is -0.0829. The van der Waals surface area contributed by atoms with Gasteiger partial charge in [0, 0.05) is 24.6 Å². The van der Waals surface area contributed by atoms with Gasteiger partial charge in [0.05, 0.1) is 29.7 Å². The van der Waals surface area contributed by atoms with Gasteiger partial charge in [-0.15, -0.1) is 0 Å². The van der Waals surface area contributed by atoms with Crippen molar-refractivity contribution in [2.24, 2.45) is 16.8 Å². The van der Waals surface area contributed by atoms with Gasteiger partial charge in [0.15, 0.2) is 0 Å². The number of rotatable bonds is 9. The number of carbonyl (C=O) groups excluding carboxylic acids is 2. The molecule has 2 amide bonds. The molecule has 0 spiro atoms. The lowest BCUT2D eigenvalue weighted by molar-refractivity contribution is -0.133. The maximum absolute atomic E-state index is 13.5. The van der Waals surface area contributed by atoms with Crippen LogP contribution in [0, 0.1) is 11.8 Å². The maximum atomic E-state index is 13.5. The number of aliphatic hydroxyl groups excluding tert-OH is 1. The molecule has 0 saturated heterocycles. The van der Waals surface area contributed by atoms with Crippen LogP contribution < -0.4 is 10.2 Å². The number of furan rings is 1. The minimum atomic E-state index is -1.09. The first-order valence-electron chi connectivity index (χ1n) is 12.5. The number of amides is 2. The first-order valence-corrected chi connectivity index (χ1v) is 12.5. The normalized spacial score (nSPS) is 19.2. The Hall–Kier alpha value is -3.71. The first-order chi connectivity index (χ1) is 17.5. The molecule has 2 aromatic carbocycles. The van der Waals surface area contributed by atoms with E-state index in [0.29, 0.717) is 30.9 Å². The zero-order valence-corrected chi connectivity index (χ0v) is 20.3. The number of fused-ring (bicyclic) bond motifs is 1. The average molecular weight is 486 g/mol. The topological polar surface area (TPSA) is 95.1 Å². The van der Waals surface area contributed by atoms with Crippen LogP contribution in [0.15, 0.2) is 82.4 Å². The molecule has 1 aliphatic heterocycles. The molecule has 36 heavy (non-hydrogen) atoms. The lowest BCUT2D eigenvalue weighted by Gasteiger charge is -2.25. The molecule has 3 atom stereocenters. The molecule has 1 unspecified atom stereocenters. The molecule has 2 N–H and O–H groups in total. The van der Waals surface area contributed by atoms with Crippen LogP contribution in [0.1, 0.15) is 42.6 Å². The van der Waals surface area contributed by atoms with Crippen molar-refractivity contribution in [1.29, 1.82) is 0 Å². The summed E-state index contributed by atoms with van der Waals surface area (Å²) in [6.45, 7) is 0. The molecule has 186 valence electrons. The van der Waals surface area contributed by atoms with Crippen LogP contribution in [0.25, 0.3) is 0 Å². The van der Waals surface area contributed by atoms with E-state index in [1.165, 1.54) is 0 Å². The highest BCUT2D eigenvalue weighted by Gasteiger charge is 2.37. The molecular weight excluding hydrogens is 454 g/mol. The van der Waals surface area contributed by atoms with E-state index in [0.717, 1.165) is 35.4 Å².